The van der Waals surface area contributed by atoms with Crippen molar-refractivity contribution in [2.75, 3.05) is 0 Å². The molecule has 0 bridgehead atoms. The van der Waals surface area contributed by atoms with E-state index in [1.54, 1.807) is 0 Å². The van der Waals surface area contributed by atoms with Gasteiger partial charge in [0.2, 0.25) is 0 Å². The Morgan fingerprint density at radius 1 is 0.714 bits per heavy atom. The number of carbonyl (C=O) groups excluding carboxylic acids is 1. The Labute approximate surface area is 137 Å². The van der Waals surface area contributed by atoms with Gasteiger partial charge in [0, 0.05) is 12.0 Å². The maximum Gasteiger partial charge on any atom is 0.156 e. The van der Waals surface area contributed by atoms with Crippen LogP contribution >= 0.6 is 11.6 Å². The van der Waals surface area contributed by atoms with Crippen LogP contribution in [0.5, 0.6) is 0 Å². The molecule has 0 atom stereocenters. The van der Waals surface area contributed by atoms with E-state index in [9.17, 15) is 4.79 Å². The molecule has 0 radical (unpaired) electrons. The molecular weight excluding hydrogens is 280 g/mol. The summed E-state index contributed by atoms with van der Waals surface area (Å²) in [5, 5.41) is 0. The van der Waals surface area contributed by atoms with Crippen molar-refractivity contribution in [1.29, 1.82) is 0 Å². The van der Waals surface area contributed by atoms with Crippen molar-refractivity contribution in [2.45, 2.75) is 103 Å². The lowest BCUT2D eigenvalue weighted by Gasteiger charge is -2.03. The molecule has 0 spiro atoms. The Balaban J connectivity index is 3.04. The molecule has 0 aromatic rings. The fourth-order valence-corrected chi connectivity index (χ4v) is 2.79. The molecule has 0 aliphatic carbocycles. The lowest BCUT2D eigenvalue weighted by molar-refractivity contribution is -0.114. The first-order valence-electron chi connectivity index (χ1n) is 9.11. The van der Waals surface area contributed by atoms with E-state index < -0.39 is 0 Å². The minimum atomic E-state index is 0.156. The number of rotatable bonds is 16. The van der Waals surface area contributed by atoms with Crippen molar-refractivity contribution in [2.24, 2.45) is 0 Å². The topological polar surface area (TPSA) is 17.1 Å². The summed E-state index contributed by atoms with van der Waals surface area (Å²) in [6.07, 6.45) is 21.0. The van der Waals surface area contributed by atoms with Crippen molar-refractivity contribution >= 4 is 17.4 Å². The van der Waals surface area contributed by atoms with Crippen LogP contribution in [-0.4, -0.2) is 5.78 Å². The largest absolute Gasteiger partial charge is 0.295 e. The molecule has 1 nitrogen and oxygen atoms in total. The van der Waals surface area contributed by atoms with E-state index in [4.69, 9.17) is 11.6 Å². The summed E-state index contributed by atoms with van der Waals surface area (Å²) in [6.45, 7) is 2.27. The van der Waals surface area contributed by atoms with Gasteiger partial charge in [0.25, 0.3) is 0 Å². The van der Waals surface area contributed by atoms with Gasteiger partial charge in [0.1, 0.15) is 0 Å². The number of carbonyl (C=O) groups is 1. The first kappa shape index (κ1) is 20.7. The van der Waals surface area contributed by atoms with Gasteiger partial charge in [0.05, 0.1) is 0 Å². The van der Waals surface area contributed by atoms with Crippen molar-refractivity contribution < 1.29 is 4.79 Å². The molecule has 0 saturated heterocycles. The lowest BCUT2D eigenvalue weighted by Crippen LogP contribution is -1.91. The maximum atomic E-state index is 11.2. The van der Waals surface area contributed by atoms with Crippen molar-refractivity contribution in [3.05, 3.63) is 11.6 Å². The molecule has 0 saturated carbocycles. The monoisotopic (exact) mass is 314 g/mol. The molecule has 2 heteroatoms. The number of ketones is 1. The summed E-state index contributed by atoms with van der Waals surface area (Å²) in [7, 11) is 0. The quantitative estimate of drug-likeness (QED) is 0.218. The summed E-state index contributed by atoms with van der Waals surface area (Å²) < 4.78 is 0. The summed E-state index contributed by atoms with van der Waals surface area (Å²) in [6, 6.07) is 0. The number of allylic oxidation sites excluding steroid dienone is 1. The van der Waals surface area contributed by atoms with E-state index in [-0.39, 0.29) is 5.78 Å². The molecule has 0 rings (SSSR count). The molecule has 124 valence electrons. The predicted octanol–water partition coefficient (Wildman–Crippen LogP) is 7.18. The molecule has 0 amide bonds. The van der Waals surface area contributed by atoms with E-state index in [1.165, 1.54) is 95.1 Å². The normalized spacial score (nSPS) is 11.3. The van der Waals surface area contributed by atoms with Crippen LogP contribution in [0.25, 0.3) is 0 Å². The SMILES string of the molecule is CCCCCCCCCCCCCCCCC(=O)C=CCl. The first-order valence-corrected chi connectivity index (χ1v) is 9.54. The fraction of sp³-hybridized carbons (Fsp3) is 0.842. The van der Waals surface area contributed by atoms with Crippen LogP contribution in [0.2, 0.25) is 0 Å². The highest BCUT2D eigenvalue weighted by molar-refractivity contribution is 6.26. The Kier molecular flexibility index (Phi) is 17.5. The maximum absolute atomic E-state index is 11.2. The third-order valence-corrected chi connectivity index (χ3v) is 4.15. The highest BCUT2D eigenvalue weighted by atomic mass is 35.5. The van der Waals surface area contributed by atoms with Crippen LogP contribution < -0.4 is 0 Å². The molecule has 0 aliphatic heterocycles. The molecule has 0 aromatic heterocycles. The molecule has 0 unspecified atom stereocenters. The zero-order valence-corrected chi connectivity index (χ0v) is 14.8. The number of hydrogen-bond donors (Lipinski definition) is 0. The summed E-state index contributed by atoms with van der Waals surface area (Å²) in [5.74, 6) is 0.156. The Morgan fingerprint density at radius 3 is 1.48 bits per heavy atom. The Hall–Kier alpha value is -0.300. The van der Waals surface area contributed by atoms with Gasteiger partial charge in [-0.2, -0.15) is 0 Å². The molecule has 0 aromatic carbocycles. The minimum Gasteiger partial charge on any atom is -0.295 e. The van der Waals surface area contributed by atoms with Crippen LogP contribution in [0.3, 0.4) is 0 Å². The van der Waals surface area contributed by atoms with Gasteiger partial charge in [-0.25, -0.2) is 0 Å². The lowest BCUT2D eigenvalue weighted by atomic mass is 10.0. The average molecular weight is 315 g/mol. The standard InChI is InChI=1S/C19H35ClO/c1-2-3-4-5-6-7-8-9-10-11-12-13-14-15-16-19(21)17-18-20/h17-18H,2-16H2,1H3. The second-order valence-corrected chi connectivity index (χ2v) is 6.36. The molecular formula is C19H35ClO. The van der Waals surface area contributed by atoms with Crippen molar-refractivity contribution in [3.63, 3.8) is 0 Å². The van der Waals surface area contributed by atoms with E-state index in [1.807, 2.05) is 0 Å². The van der Waals surface area contributed by atoms with Gasteiger partial charge >= 0.3 is 0 Å². The summed E-state index contributed by atoms with van der Waals surface area (Å²) in [4.78, 5) is 11.2. The molecule has 0 aliphatic rings. The molecule has 0 N–H and O–H groups in total. The van der Waals surface area contributed by atoms with E-state index in [0.717, 1.165) is 6.42 Å². The number of unbranched alkanes of at least 4 members (excludes halogenated alkanes) is 13. The Bertz CT molecular complexity index is 248. The van der Waals surface area contributed by atoms with Crippen LogP contribution in [0, 0.1) is 0 Å². The van der Waals surface area contributed by atoms with Crippen LogP contribution in [0.15, 0.2) is 11.6 Å². The highest BCUT2D eigenvalue weighted by Gasteiger charge is 1.97. The third kappa shape index (κ3) is 17.6. The second-order valence-electron chi connectivity index (χ2n) is 6.11. The second kappa shape index (κ2) is 17.8. The van der Waals surface area contributed by atoms with Gasteiger partial charge in [-0.3, -0.25) is 4.79 Å². The zero-order valence-electron chi connectivity index (χ0n) is 14.0. The van der Waals surface area contributed by atoms with E-state index >= 15 is 0 Å². The summed E-state index contributed by atoms with van der Waals surface area (Å²) >= 11 is 5.36. The van der Waals surface area contributed by atoms with Gasteiger partial charge < -0.3 is 0 Å². The minimum absolute atomic E-state index is 0.156. The van der Waals surface area contributed by atoms with Crippen molar-refractivity contribution in [1.82, 2.24) is 0 Å². The van der Waals surface area contributed by atoms with Crippen LogP contribution in [0.4, 0.5) is 0 Å². The fourth-order valence-electron chi connectivity index (χ4n) is 2.65. The predicted molar refractivity (Wildman–Crippen MR) is 94.9 cm³/mol. The summed E-state index contributed by atoms with van der Waals surface area (Å²) in [5.41, 5.74) is 1.31. The molecule has 21 heavy (non-hydrogen) atoms. The van der Waals surface area contributed by atoms with Crippen LogP contribution in [0.1, 0.15) is 103 Å². The zero-order chi connectivity index (χ0) is 15.6. The van der Waals surface area contributed by atoms with Gasteiger partial charge in [-0.05, 0) is 12.5 Å². The smallest absolute Gasteiger partial charge is 0.156 e. The van der Waals surface area contributed by atoms with E-state index in [0.29, 0.717) is 6.42 Å². The third-order valence-electron chi connectivity index (χ3n) is 4.03. The first-order chi connectivity index (χ1) is 10.3. The van der Waals surface area contributed by atoms with Gasteiger partial charge in [-0.15, -0.1) is 0 Å². The number of hydrogen-bond acceptors (Lipinski definition) is 1. The average Bonchev–Trinajstić information content (AvgIpc) is 2.48. The molecule has 0 fully saturated rings. The van der Waals surface area contributed by atoms with Gasteiger partial charge in [0.15, 0.2) is 5.78 Å². The highest BCUT2D eigenvalue weighted by Crippen LogP contribution is 2.13. The van der Waals surface area contributed by atoms with E-state index in [2.05, 4.69) is 6.92 Å². The Morgan fingerprint density at radius 2 is 1.10 bits per heavy atom. The number of halogens is 1. The van der Waals surface area contributed by atoms with Gasteiger partial charge in [-0.1, -0.05) is 102 Å². The van der Waals surface area contributed by atoms with Crippen molar-refractivity contribution in [3.8, 4) is 0 Å². The van der Waals surface area contributed by atoms with Crippen LogP contribution in [-0.2, 0) is 4.79 Å². The molecule has 0 heterocycles.